The van der Waals surface area contributed by atoms with Gasteiger partial charge in [-0.25, -0.2) is 0 Å². The van der Waals surface area contributed by atoms with E-state index in [1.165, 1.54) is 0 Å². The third-order valence-electron chi connectivity index (χ3n) is 2.92. The van der Waals surface area contributed by atoms with Gasteiger partial charge in [0.1, 0.15) is 5.76 Å². The van der Waals surface area contributed by atoms with Gasteiger partial charge in [-0.15, -0.1) is 0 Å². The van der Waals surface area contributed by atoms with E-state index in [4.69, 9.17) is 27.6 Å². The predicted molar refractivity (Wildman–Crippen MR) is 77.5 cm³/mol. The fourth-order valence-corrected chi connectivity index (χ4v) is 2.45. The van der Waals surface area contributed by atoms with Crippen LogP contribution in [-0.2, 0) is 6.54 Å². The maximum Gasteiger partial charge on any atom is 0.154 e. The van der Waals surface area contributed by atoms with Gasteiger partial charge in [0.25, 0.3) is 0 Å². The first-order chi connectivity index (χ1) is 8.50. The average molecular weight is 286 g/mol. The van der Waals surface area contributed by atoms with E-state index in [1.54, 1.807) is 12.1 Å². The second kappa shape index (κ2) is 5.52. The van der Waals surface area contributed by atoms with Crippen LogP contribution >= 0.6 is 23.2 Å². The number of furan rings is 1. The maximum absolute atomic E-state index is 6.19. The van der Waals surface area contributed by atoms with Gasteiger partial charge in [-0.3, -0.25) is 0 Å². The Labute approximate surface area is 117 Å². The molecule has 4 heteroatoms. The molecule has 0 amide bonds. The minimum atomic E-state index is 0.604. The number of rotatable bonds is 4. The van der Waals surface area contributed by atoms with Crippen molar-refractivity contribution in [1.29, 1.82) is 0 Å². The van der Waals surface area contributed by atoms with E-state index in [2.05, 4.69) is 19.2 Å². The van der Waals surface area contributed by atoms with E-state index in [0.29, 0.717) is 28.1 Å². The van der Waals surface area contributed by atoms with E-state index in [9.17, 15) is 0 Å². The summed E-state index contributed by atoms with van der Waals surface area (Å²) in [6, 6.07) is 3.57. The molecule has 0 radical (unpaired) electrons. The molecule has 2 aromatic rings. The Bertz CT molecular complexity index is 560. The SMILES string of the molecule is Cc1c(CNCC(C)C)oc2c(Cl)ccc(Cl)c12. The topological polar surface area (TPSA) is 25.2 Å². The predicted octanol–water partition coefficient (Wildman–Crippen LogP) is 4.79. The Balaban J connectivity index is 2.33. The molecule has 0 aliphatic heterocycles. The summed E-state index contributed by atoms with van der Waals surface area (Å²) in [6.45, 7) is 8.02. The molecule has 1 N–H and O–H groups in total. The van der Waals surface area contributed by atoms with Crippen molar-refractivity contribution in [3.63, 3.8) is 0 Å². The molecule has 0 aliphatic rings. The molecule has 2 nitrogen and oxygen atoms in total. The number of hydrogen-bond acceptors (Lipinski definition) is 2. The van der Waals surface area contributed by atoms with Crippen LogP contribution in [0.15, 0.2) is 16.5 Å². The molecule has 0 spiro atoms. The van der Waals surface area contributed by atoms with Gasteiger partial charge < -0.3 is 9.73 Å². The quantitative estimate of drug-likeness (QED) is 0.873. The number of fused-ring (bicyclic) bond motifs is 1. The van der Waals surface area contributed by atoms with Gasteiger partial charge in [-0.2, -0.15) is 0 Å². The normalized spacial score (nSPS) is 11.7. The molecule has 0 atom stereocenters. The van der Waals surface area contributed by atoms with Crippen LogP contribution < -0.4 is 5.32 Å². The zero-order valence-electron chi connectivity index (χ0n) is 10.8. The molecule has 0 aliphatic carbocycles. The van der Waals surface area contributed by atoms with Crippen LogP contribution in [0.2, 0.25) is 10.0 Å². The fraction of sp³-hybridized carbons (Fsp3) is 0.429. The molecule has 0 bridgehead atoms. The minimum absolute atomic E-state index is 0.604. The smallest absolute Gasteiger partial charge is 0.154 e. The molecule has 2 rings (SSSR count). The van der Waals surface area contributed by atoms with Crippen molar-refractivity contribution in [3.05, 3.63) is 33.5 Å². The lowest BCUT2D eigenvalue weighted by molar-refractivity contribution is 0.482. The van der Waals surface area contributed by atoms with E-state index in [1.807, 2.05) is 6.92 Å². The number of halogens is 2. The third kappa shape index (κ3) is 2.66. The van der Waals surface area contributed by atoms with Crippen molar-refractivity contribution in [3.8, 4) is 0 Å². The van der Waals surface area contributed by atoms with E-state index < -0.39 is 0 Å². The summed E-state index contributed by atoms with van der Waals surface area (Å²) in [5, 5.41) is 5.57. The Kier molecular flexibility index (Phi) is 4.21. The average Bonchev–Trinajstić information content (AvgIpc) is 2.63. The van der Waals surface area contributed by atoms with Crippen molar-refractivity contribution >= 4 is 34.2 Å². The summed E-state index contributed by atoms with van der Waals surface area (Å²) in [5.41, 5.74) is 1.75. The van der Waals surface area contributed by atoms with Crippen molar-refractivity contribution in [2.75, 3.05) is 6.54 Å². The second-order valence-electron chi connectivity index (χ2n) is 4.91. The van der Waals surface area contributed by atoms with Crippen molar-refractivity contribution in [1.82, 2.24) is 5.32 Å². The van der Waals surface area contributed by atoms with E-state index >= 15 is 0 Å². The minimum Gasteiger partial charge on any atom is -0.458 e. The molecule has 1 aromatic heterocycles. The van der Waals surface area contributed by atoms with Crippen molar-refractivity contribution in [2.45, 2.75) is 27.3 Å². The zero-order valence-corrected chi connectivity index (χ0v) is 12.3. The molecule has 0 saturated carbocycles. The molecular weight excluding hydrogens is 269 g/mol. The summed E-state index contributed by atoms with van der Waals surface area (Å²) in [4.78, 5) is 0. The molecule has 0 unspecified atom stereocenters. The summed E-state index contributed by atoms with van der Waals surface area (Å²) < 4.78 is 5.81. The first-order valence-electron chi connectivity index (χ1n) is 6.07. The summed E-state index contributed by atoms with van der Waals surface area (Å²) >= 11 is 12.3. The van der Waals surface area contributed by atoms with Crippen LogP contribution in [0, 0.1) is 12.8 Å². The fourth-order valence-electron chi connectivity index (χ4n) is 1.96. The van der Waals surface area contributed by atoms with Gasteiger partial charge in [0.05, 0.1) is 16.6 Å². The molecule has 1 aromatic carbocycles. The largest absolute Gasteiger partial charge is 0.458 e. The van der Waals surface area contributed by atoms with Gasteiger partial charge in [0, 0.05) is 10.9 Å². The second-order valence-corrected chi connectivity index (χ2v) is 5.72. The molecule has 18 heavy (non-hydrogen) atoms. The van der Waals surface area contributed by atoms with Gasteiger partial charge in [-0.05, 0) is 31.5 Å². The lowest BCUT2D eigenvalue weighted by Gasteiger charge is -2.05. The number of benzene rings is 1. The monoisotopic (exact) mass is 285 g/mol. The van der Waals surface area contributed by atoms with Gasteiger partial charge in [-0.1, -0.05) is 37.0 Å². The Morgan fingerprint density at radius 2 is 1.89 bits per heavy atom. The van der Waals surface area contributed by atoms with Gasteiger partial charge in [0.15, 0.2) is 5.58 Å². The highest BCUT2D eigenvalue weighted by atomic mass is 35.5. The highest BCUT2D eigenvalue weighted by molar-refractivity contribution is 6.40. The highest BCUT2D eigenvalue weighted by Crippen LogP contribution is 2.35. The summed E-state index contributed by atoms with van der Waals surface area (Å²) in [5.74, 6) is 1.52. The van der Waals surface area contributed by atoms with Crippen LogP contribution in [0.25, 0.3) is 11.0 Å². The maximum atomic E-state index is 6.19. The summed E-state index contributed by atoms with van der Waals surface area (Å²) in [6.07, 6.45) is 0. The standard InChI is InChI=1S/C14H17Cl2NO/c1-8(2)6-17-7-12-9(3)13-10(15)4-5-11(16)14(13)18-12/h4-5,8,17H,6-7H2,1-3H3. The van der Waals surface area contributed by atoms with Crippen molar-refractivity contribution in [2.24, 2.45) is 5.92 Å². The molecule has 0 saturated heterocycles. The van der Waals surface area contributed by atoms with Crippen LogP contribution in [0.5, 0.6) is 0 Å². The summed E-state index contributed by atoms with van der Waals surface area (Å²) in [7, 11) is 0. The number of aryl methyl sites for hydroxylation is 1. The van der Waals surface area contributed by atoms with Crippen LogP contribution in [-0.4, -0.2) is 6.54 Å². The third-order valence-corrected chi connectivity index (χ3v) is 3.53. The van der Waals surface area contributed by atoms with Gasteiger partial charge in [0.2, 0.25) is 0 Å². The Morgan fingerprint density at radius 1 is 1.22 bits per heavy atom. The first kappa shape index (κ1) is 13.7. The lowest BCUT2D eigenvalue weighted by Crippen LogP contribution is -2.18. The lowest BCUT2D eigenvalue weighted by atomic mass is 10.1. The number of nitrogens with one attached hydrogen (secondary N) is 1. The van der Waals surface area contributed by atoms with E-state index in [-0.39, 0.29) is 0 Å². The van der Waals surface area contributed by atoms with Gasteiger partial charge >= 0.3 is 0 Å². The molecule has 1 heterocycles. The Morgan fingerprint density at radius 3 is 2.50 bits per heavy atom. The van der Waals surface area contributed by atoms with Crippen LogP contribution in [0.4, 0.5) is 0 Å². The molecule has 98 valence electrons. The molecule has 0 fully saturated rings. The first-order valence-corrected chi connectivity index (χ1v) is 6.83. The zero-order chi connectivity index (χ0) is 13.3. The molecular formula is C14H17Cl2NO. The Hall–Kier alpha value is -0.700. The van der Waals surface area contributed by atoms with Crippen LogP contribution in [0.3, 0.4) is 0 Å². The number of hydrogen-bond donors (Lipinski definition) is 1. The van der Waals surface area contributed by atoms with Crippen molar-refractivity contribution < 1.29 is 4.42 Å². The van der Waals surface area contributed by atoms with E-state index in [0.717, 1.165) is 23.3 Å². The van der Waals surface area contributed by atoms with Crippen LogP contribution in [0.1, 0.15) is 25.2 Å². The highest BCUT2D eigenvalue weighted by Gasteiger charge is 2.15.